The van der Waals surface area contributed by atoms with E-state index < -0.39 is 6.10 Å². The number of ether oxygens (including phenoxy) is 1. The molecule has 1 aromatic carbocycles. The maximum absolute atomic E-state index is 10.2. The van der Waals surface area contributed by atoms with Crippen LogP contribution in [-0.4, -0.2) is 41.8 Å². The van der Waals surface area contributed by atoms with Crippen LogP contribution in [-0.2, 0) is 4.74 Å². The summed E-state index contributed by atoms with van der Waals surface area (Å²) in [6.07, 6.45) is 0.0946. The molecule has 3 unspecified atom stereocenters. The Balaban J connectivity index is 1.92. The number of β-amino-alcohol motifs (C(OH)–C–C–N with tert-alkyl or cyclic N) is 1. The van der Waals surface area contributed by atoms with E-state index in [0.717, 1.165) is 18.7 Å². The van der Waals surface area contributed by atoms with E-state index in [0.29, 0.717) is 6.54 Å². The summed E-state index contributed by atoms with van der Waals surface area (Å²) in [5.74, 6) is 0. The fourth-order valence-electron chi connectivity index (χ4n) is 2.46. The van der Waals surface area contributed by atoms with Crippen LogP contribution in [0.5, 0.6) is 0 Å². The minimum atomic E-state index is -0.409. The summed E-state index contributed by atoms with van der Waals surface area (Å²) >= 11 is 0. The minimum Gasteiger partial charge on any atom is -0.387 e. The van der Waals surface area contributed by atoms with Gasteiger partial charge in [0.2, 0.25) is 0 Å². The monoisotopic (exact) mass is 235 g/mol. The molecular weight excluding hydrogens is 214 g/mol. The lowest BCUT2D eigenvalue weighted by Crippen LogP contribution is -2.46. The van der Waals surface area contributed by atoms with Crippen molar-refractivity contribution in [3.8, 4) is 0 Å². The SMILES string of the molecule is CC1CN(CC(O)c2ccccc2)CC(C)O1. The fraction of sp³-hybridized carbons (Fsp3) is 0.571. The van der Waals surface area contributed by atoms with Crippen molar-refractivity contribution >= 4 is 0 Å². The van der Waals surface area contributed by atoms with Crippen LogP contribution < -0.4 is 0 Å². The highest BCUT2D eigenvalue weighted by Gasteiger charge is 2.24. The molecule has 2 rings (SSSR count). The maximum Gasteiger partial charge on any atom is 0.0916 e. The molecular formula is C14H21NO2. The number of benzene rings is 1. The second-order valence-electron chi connectivity index (χ2n) is 4.90. The maximum atomic E-state index is 10.2. The number of aliphatic hydroxyl groups excluding tert-OH is 1. The van der Waals surface area contributed by atoms with Crippen molar-refractivity contribution in [2.24, 2.45) is 0 Å². The summed E-state index contributed by atoms with van der Waals surface area (Å²) in [4.78, 5) is 2.27. The van der Waals surface area contributed by atoms with Crippen LogP contribution in [0, 0.1) is 0 Å². The molecule has 1 heterocycles. The minimum absolute atomic E-state index is 0.252. The molecule has 0 aliphatic carbocycles. The third-order valence-electron chi connectivity index (χ3n) is 3.11. The van der Waals surface area contributed by atoms with Gasteiger partial charge in [0.25, 0.3) is 0 Å². The predicted molar refractivity (Wildman–Crippen MR) is 67.9 cm³/mol. The van der Waals surface area contributed by atoms with Crippen LogP contribution in [0.25, 0.3) is 0 Å². The van der Waals surface area contributed by atoms with E-state index in [2.05, 4.69) is 18.7 Å². The summed E-state index contributed by atoms with van der Waals surface area (Å²) in [6.45, 7) is 6.64. The van der Waals surface area contributed by atoms with Crippen molar-refractivity contribution in [2.45, 2.75) is 32.2 Å². The van der Waals surface area contributed by atoms with Gasteiger partial charge >= 0.3 is 0 Å². The summed E-state index contributed by atoms with van der Waals surface area (Å²) in [7, 11) is 0. The average molecular weight is 235 g/mol. The van der Waals surface area contributed by atoms with Gasteiger partial charge in [-0.05, 0) is 19.4 Å². The molecule has 1 N–H and O–H groups in total. The normalized spacial score (nSPS) is 27.9. The average Bonchev–Trinajstić information content (AvgIpc) is 2.28. The third-order valence-corrected chi connectivity index (χ3v) is 3.11. The van der Waals surface area contributed by atoms with Gasteiger partial charge < -0.3 is 9.84 Å². The molecule has 3 nitrogen and oxygen atoms in total. The first-order valence-electron chi connectivity index (χ1n) is 6.26. The summed E-state index contributed by atoms with van der Waals surface area (Å²) in [6, 6.07) is 9.83. The van der Waals surface area contributed by atoms with E-state index in [1.54, 1.807) is 0 Å². The van der Waals surface area contributed by atoms with Crippen molar-refractivity contribution in [1.29, 1.82) is 0 Å². The first-order chi connectivity index (χ1) is 8.15. The lowest BCUT2D eigenvalue weighted by Gasteiger charge is -2.36. The van der Waals surface area contributed by atoms with Gasteiger partial charge in [-0.1, -0.05) is 30.3 Å². The molecule has 1 fully saturated rings. The fourth-order valence-corrected chi connectivity index (χ4v) is 2.46. The molecule has 0 saturated carbocycles. The van der Waals surface area contributed by atoms with Crippen molar-refractivity contribution in [3.63, 3.8) is 0 Å². The summed E-state index contributed by atoms with van der Waals surface area (Å²) < 4.78 is 5.68. The quantitative estimate of drug-likeness (QED) is 0.867. The first kappa shape index (κ1) is 12.6. The smallest absolute Gasteiger partial charge is 0.0916 e. The Hall–Kier alpha value is -0.900. The lowest BCUT2D eigenvalue weighted by atomic mass is 10.1. The van der Waals surface area contributed by atoms with E-state index in [9.17, 15) is 5.11 Å². The van der Waals surface area contributed by atoms with Crippen molar-refractivity contribution < 1.29 is 9.84 Å². The molecule has 1 aliphatic heterocycles. The van der Waals surface area contributed by atoms with Gasteiger partial charge in [-0.2, -0.15) is 0 Å². The second-order valence-corrected chi connectivity index (χ2v) is 4.90. The molecule has 1 saturated heterocycles. The van der Waals surface area contributed by atoms with Crippen LogP contribution >= 0.6 is 0 Å². The number of hydrogen-bond acceptors (Lipinski definition) is 3. The van der Waals surface area contributed by atoms with Crippen molar-refractivity contribution in [2.75, 3.05) is 19.6 Å². The van der Waals surface area contributed by atoms with Crippen LogP contribution in [0.1, 0.15) is 25.5 Å². The molecule has 0 amide bonds. The zero-order valence-electron chi connectivity index (χ0n) is 10.5. The van der Waals surface area contributed by atoms with Gasteiger partial charge in [-0.25, -0.2) is 0 Å². The Morgan fingerprint density at radius 3 is 2.41 bits per heavy atom. The zero-order valence-corrected chi connectivity index (χ0v) is 10.5. The Labute approximate surface area is 103 Å². The van der Waals surface area contributed by atoms with Gasteiger partial charge in [-0.15, -0.1) is 0 Å². The van der Waals surface area contributed by atoms with Crippen LogP contribution in [0.15, 0.2) is 30.3 Å². The molecule has 3 atom stereocenters. The predicted octanol–water partition coefficient (Wildman–Crippen LogP) is 1.83. The largest absolute Gasteiger partial charge is 0.387 e. The Kier molecular flexibility index (Phi) is 4.15. The van der Waals surface area contributed by atoms with E-state index in [1.807, 2.05) is 30.3 Å². The highest BCUT2D eigenvalue weighted by Crippen LogP contribution is 2.17. The third kappa shape index (κ3) is 3.53. The number of hydrogen-bond donors (Lipinski definition) is 1. The standard InChI is InChI=1S/C14H21NO2/c1-11-8-15(9-12(2)17-11)10-14(16)13-6-4-3-5-7-13/h3-7,11-12,14,16H,8-10H2,1-2H3. The number of rotatable bonds is 3. The molecule has 94 valence electrons. The Morgan fingerprint density at radius 2 is 1.82 bits per heavy atom. The highest BCUT2D eigenvalue weighted by molar-refractivity contribution is 5.17. The summed E-state index contributed by atoms with van der Waals surface area (Å²) in [5, 5.41) is 10.2. The van der Waals surface area contributed by atoms with Crippen LogP contribution in [0.3, 0.4) is 0 Å². The second kappa shape index (κ2) is 5.63. The van der Waals surface area contributed by atoms with Crippen LogP contribution in [0.4, 0.5) is 0 Å². The van der Waals surface area contributed by atoms with Gasteiger partial charge in [0.05, 0.1) is 18.3 Å². The molecule has 17 heavy (non-hydrogen) atoms. The topological polar surface area (TPSA) is 32.7 Å². The van der Waals surface area contributed by atoms with E-state index in [-0.39, 0.29) is 12.2 Å². The molecule has 0 bridgehead atoms. The van der Waals surface area contributed by atoms with Crippen LogP contribution in [0.2, 0.25) is 0 Å². The van der Waals surface area contributed by atoms with E-state index in [1.165, 1.54) is 0 Å². The number of morpholine rings is 1. The van der Waals surface area contributed by atoms with E-state index in [4.69, 9.17) is 4.74 Å². The Bertz CT molecular complexity index is 331. The molecule has 1 aliphatic rings. The zero-order chi connectivity index (χ0) is 12.3. The summed E-state index contributed by atoms with van der Waals surface area (Å²) in [5.41, 5.74) is 0.985. The van der Waals surface area contributed by atoms with Gasteiger partial charge in [0.1, 0.15) is 0 Å². The molecule has 0 spiro atoms. The molecule has 0 aromatic heterocycles. The highest BCUT2D eigenvalue weighted by atomic mass is 16.5. The number of nitrogens with zero attached hydrogens (tertiary/aromatic N) is 1. The van der Waals surface area contributed by atoms with Gasteiger partial charge in [0, 0.05) is 19.6 Å². The van der Waals surface area contributed by atoms with E-state index >= 15 is 0 Å². The molecule has 3 heteroatoms. The lowest BCUT2D eigenvalue weighted by molar-refractivity contribution is -0.0767. The van der Waals surface area contributed by atoms with Gasteiger partial charge in [-0.3, -0.25) is 4.90 Å². The number of aliphatic hydroxyl groups is 1. The van der Waals surface area contributed by atoms with Crippen molar-refractivity contribution in [3.05, 3.63) is 35.9 Å². The first-order valence-corrected chi connectivity index (χ1v) is 6.26. The van der Waals surface area contributed by atoms with Crippen molar-refractivity contribution in [1.82, 2.24) is 4.90 Å². The van der Waals surface area contributed by atoms with Gasteiger partial charge in [0.15, 0.2) is 0 Å². The molecule has 1 aromatic rings. The molecule has 0 radical (unpaired) electrons. The Morgan fingerprint density at radius 1 is 1.24 bits per heavy atom.